The van der Waals surface area contributed by atoms with Crippen molar-refractivity contribution >= 4 is 0 Å². The Bertz CT molecular complexity index is 264. The molecule has 0 bridgehead atoms. The van der Waals surface area contributed by atoms with Gasteiger partial charge in [0, 0.05) is 0 Å². The van der Waals surface area contributed by atoms with Gasteiger partial charge in [0.25, 0.3) is 0 Å². The van der Waals surface area contributed by atoms with Gasteiger partial charge in [-0.2, -0.15) is 13.2 Å². The highest BCUT2D eigenvalue weighted by Crippen LogP contribution is 2.28. The number of aliphatic hydroxyl groups excluding tert-OH is 1. The highest BCUT2D eigenvalue weighted by molar-refractivity contribution is 5.23. The van der Waals surface area contributed by atoms with Crippen LogP contribution in [0.15, 0.2) is 24.3 Å². The Hall–Kier alpha value is -1.03. The molecule has 1 aromatic rings. The molecule has 0 aromatic heterocycles. The van der Waals surface area contributed by atoms with Gasteiger partial charge in [-0.3, -0.25) is 0 Å². The van der Waals surface area contributed by atoms with Crippen LogP contribution in [0.25, 0.3) is 0 Å². The lowest BCUT2D eigenvalue weighted by atomic mass is 10.1. The number of rotatable bonds is 1. The van der Waals surface area contributed by atoms with Crippen LogP contribution >= 0.6 is 0 Å². The van der Waals surface area contributed by atoms with E-state index in [1.807, 2.05) is 0 Å². The van der Waals surface area contributed by atoms with Gasteiger partial charge in [0.1, 0.15) is 0 Å². The quantitative estimate of drug-likeness (QED) is 0.766. The topological polar surface area (TPSA) is 20.2 Å². The van der Waals surface area contributed by atoms with Crippen molar-refractivity contribution in [2.24, 2.45) is 0 Å². The summed E-state index contributed by atoms with van der Waals surface area (Å²) in [5, 5.41) is 8.55. The Kier molecular flexibility index (Phi) is 6.01. The van der Waals surface area contributed by atoms with Gasteiger partial charge in [-0.1, -0.05) is 32.4 Å². The molecule has 1 nitrogen and oxygen atoms in total. The minimum atomic E-state index is -4.30. The smallest absolute Gasteiger partial charge is 0.392 e. The third-order valence-corrected chi connectivity index (χ3v) is 1.46. The second kappa shape index (κ2) is 6.45. The molecule has 0 unspecified atom stereocenters. The summed E-state index contributed by atoms with van der Waals surface area (Å²) in [6.07, 6.45) is -3.05. The highest BCUT2D eigenvalue weighted by Gasteiger charge is 2.29. The molecule has 0 aliphatic carbocycles. The summed E-state index contributed by atoms with van der Waals surface area (Å²) in [4.78, 5) is 0. The fourth-order valence-electron chi connectivity index (χ4n) is 0.799. The standard InChI is InChI=1S/C8H7F3O.C3H8/c9-8(10,11)7-3-1-6(5-12)2-4-7;1-3-2/h1-4,12H,5H2;3H2,1-2H3. The average molecular weight is 220 g/mol. The van der Waals surface area contributed by atoms with E-state index in [0.29, 0.717) is 5.56 Å². The van der Waals surface area contributed by atoms with E-state index in [2.05, 4.69) is 13.8 Å². The summed E-state index contributed by atoms with van der Waals surface area (Å²) in [6.45, 7) is 4.01. The molecule has 0 aliphatic rings. The minimum Gasteiger partial charge on any atom is -0.392 e. The van der Waals surface area contributed by atoms with E-state index >= 15 is 0 Å². The zero-order valence-electron chi connectivity index (χ0n) is 8.80. The van der Waals surface area contributed by atoms with Crippen LogP contribution in [-0.4, -0.2) is 5.11 Å². The van der Waals surface area contributed by atoms with Crippen LogP contribution in [0.4, 0.5) is 13.2 Å². The minimum absolute atomic E-state index is 0.238. The molecule has 0 atom stereocenters. The molecule has 1 N–H and O–H groups in total. The predicted molar refractivity (Wildman–Crippen MR) is 53.3 cm³/mol. The second-order valence-corrected chi connectivity index (χ2v) is 3.06. The molecule has 1 rings (SSSR count). The Morgan fingerprint density at radius 1 is 1.07 bits per heavy atom. The van der Waals surface area contributed by atoms with E-state index in [4.69, 9.17) is 5.11 Å². The van der Waals surface area contributed by atoms with Crippen molar-refractivity contribution in [2.75, 3.05) is 0 Å². The number of alkyl halides is 3. The monoisotopic (exact) mass is 220 g/mol. The van der Waals surface area contributed by atoms with Crippen LogP contribution < -0.4 is 0 Å². The van der Waals surface area contributed by atoms with Crippen molar-refractivity contribution in [2.45, 2.75) is 33.1 Å². The van der Waals surface area contributed by atoms with Gasteiger partial charge in [-0.15, -0.1) is 0 Å². The maximum Gasteiger partial charge on any atom is 0.416 e. The first-order valence-electron chi connectivity index (χ1n) is 4.72. The first-order valence-corrected chi connectivity index (χ1v) is 4.72. The number of aliphatic hydroxyl groups is 1. The zero-order valence-corrected chi connectivity index (χ0v) is 8.80. The van der Waals surface area contributed by atoms with Crippen molar-refractivity contribution in [3.05, 3.63) is 35.4 Å². The average Bonchev–Trinajstić information content (AvgIpc) is 2.18. The molecule has 15 heavy (non-hydrogen) atoms. The molecule has 86 valence electrons. The Morgan fingerprint density at radius 3 is 1.73 bits per heavy atom. The van der Waals surface area contributed by atoms with Gasteiger partial charge in [0.2, 0.25) is 0 Å². The summed E-state index contributed by atoms with van der Waals surface area (Å²) in [6, 6.07) is 4.41. The lowest BCUT2D eigenvalue weighted by Crippen LogP contribution is -2.04. The molecule has 0 saturated heterocycles. The summed E-state index contributed by atoms with van der Waals surface area (Å²) >= 11 is 0. The SMILES string of the molecule is CCC.OCc1ccc(C(F)(F)F)cc1. The largest absolute Gasteiger partial charge is 0.416 e. The second-order valence-electron chi connectivity index (χ2n) is 3.06. The van der Waals surface area contributed by atoms with Crippen LogP contribution in [0.3, 0.4) is 0 Å². The molecule has 0 fully saturated rings. The van der Waals surface area contributed by atoms with E-state index in [0.717, 1.165) is 12.1 Å². The third kappa shape index (κ3) is 5.42. The van der Waals surface area contributed by atoms with Crippen molar-refractivity contribution in [3.8, 4) is 0 Å². The number of hydrogen-bond donors (Lipinski definition) is 1. The lowest BCUT2D eigenvalue weighted by molar-refractivity contribution is -0.137. The number of benzene rings is 1. The molecule has 0 aliphatic heterocycles. The maximum absolute atomic E-state index is 12.0. The molecule has 1 aromatic carbocycles. The summed E-state index contributed by atoms with van der Waals surface area (Å²) in [7, 11) is 0. The maximum atomic E-state index is 12.0. The van der Waals surface area contributed by atoms with Gasteiger partial charge < -0.3 is 5.11 Å². The summed E-state index contributed by atoms with van der Waals surface area (Å²) < 4.78 is 35.9. The molecular formula is C11H15F3O. The Labute approximate surface area is 87.6 Å². The van der Waals surface area contributed by atoms with E-state index in [-0.39, 0.29) is 6.61 Å². The van der Waals surface area contributed by atoms with E-state index in [9.17, 15) is 13.2 Å². The molecule has 0 saturated carbocycles. The van der Waals surface area contributed by atoms with E-state index in [1.165, 1.54) is 18.6 Å². The van der Waals surface area contributed by atoms with Crippen molar-refractivity contribution in [3.63, 3.8) is 0 Å². The molecule has 0 heterocycles. The molecular weight excluding hydrogens is 205 g/mol. The van der Waals surface area contributed by atoms with Crippen molar-refractivity contribution < 1.29 is 18.3 Å². The first kappa shape index (κ1) is 14.0. The Morgan fingerprint density at radius 2 is 1.47 bits per heavy atom. The van der Waals surface area contributed by atoms with E-state index < -0.39 is 11.7 Å². The molecule has 0 radical (unpaired) electrons. The summed E-state index contributed by atoms with van der Waals surface area (Å²) in [5.74, 6) is 0. The van der Waals surface area contributed by atoms with Gasteiger partial charge >= 0.3 is 6.18 Å². The number of halogens is 3. The van der Waals surface area contributed by atoms with Crippen LogP contribution in [-0.2, 0) is 12.8 Å². The fraction of sp³-hybridized carbons (Fsp3) is 0.455. The van der Waals surface area contributed by atoms with Crippen molar-refractivity contribution in [1.82, 2.24) is 0 Å². The predicted octanol–water partition coefficient (Wildman–Crippen LogP) is 3.61. The normalized spacial score (nSPS) is 10.5. The first-order chi connectivity index (χ1) is 6.95. The number of hydrogen-bond acceptors (Lipinski definition) is 1. The lowest BCUT2D eigenvalue weighted by Gasteiger charge is -2.05. The van der Waals surface area contributed by atoms with Crippen LogP contribution in [0.1, 0.15) is 31.4 Å². The molecule has 0 amide bonds. The molecule has 4 heteroatoms. The van der Waals surface area contributed by atoms with Gasteiger partial charge in [-0.25, -0.2) is 0 Å². The summed E-state index contributed by atoms with van der Waals surface area (Å²) in [5.41, 5.74) is -0.220. The zero-order chi connectivity index (χ0) is 11.9. The van der Waals surface area contributed by atoms with E-state index in [1.54, 1.807) is 0 Å². The molecule has 0 spiro atoms. The van der Waals surface area contributed by atoms with Gasteiger partial charge in [0.15, 0.2) is 0 Å². The highest BCUT2D eigenvalue weighted by atomic mass is 19.4. The third-order valence-electron chi connectivity index (χ3n) is 1.46. The van der Waals surface area contributed by atoms with Gasteiger partial charge in [-0.05, 0) is 17.7 Å². The van der Waals surface area contributed by atoms with Crippen molar-refractivity contribution in [1.29, 1.82) is 0 Å². The van der Waals surface area contributed by atoms with Crippen LogP contribution in [0, 0.1) is 0 Å². The van der Waals surface area contributed by atoms with Crippen LogP contribution in [0.5, 0.6) is 0 Å². The van der Waals surface area contributed by atoms with Gasteiger partial charge in [0.05, 0.1) is 12.2 Å². The Balaban J connectivity index is 0.000000583. The fourth-order valence-corrected chi connectivity index (χ4v) is 0.799. The van der Waals surface area contributed by atoms with Crippen LogP contribution in [0.2, 0.25) is 0 Å².